The Balaban J connectivity index is 1.46. The first-order chi connectivity index (χ1) is 11.3. The van der Waals surface area contributed by atoms with E-state index in [1.165, 1.54) is 17.7 Å². The number of nitrogens with one attached hydrogen (secondary N) is 1. The Bertz CT molecular complexity index is 661. The standard InChI is InChI=1S/C19H23N3O/c23-18(19(9-10-19)16-6-2-1-3-7-16)22-12-4-5-15(14-22)13-17-8-11-20-21-17/h1-3,6-8,11,15H,4-5,9-10,12-14H2,(H,20,21)/t15-/m0/s1. The van der Waals surface area contributed by atoms with E-state index in [1.807, 2.05) is 24.3 Å². The number of amides is 1. The molecule has 0 bridgehead atoms. The molecule has 1 aliphatic carbocycles. The lowest BCUT2D eigenvalue weighted by atomic mass is 9.90. The third-order valence-electron chi connectivity index (χ3n) is 5.36. The topological polar surface area (TPSA) is 49.0 Å². The second-order valence-corrected chi connectivity index (χ2v) is 6.99. The van der Waals surface area contributed by atoms with Crippen LogP contribution in [0.3, 0.4) is 0 Å². The number of likely N-dealkylation sites (tertiary alicyclic amines) is 1. The molecule has 1 N–H and O–H groups in total. The molecule has 0 unspecified atom stereocenters. The number of aromatic amines is 1. The number of H-pyrrole nitrogens is 1. The number of hydrogen-bond donors (Lipinski definition) is 1. The molecule has 4 heteroatoms. The fourth-order valence-electron chi connectivity index (χ4n) is 3.94. The van der Waals surface area contributed by atoms with Crippen LogP contribution in [-0.2, 0) is 16.6 Å². The average molecular weight is 309 g/mol. The van der Waals surface area contributed by atoms with Crippen molar-refractivity contribution in [2.24, 2.45) is 5.92 Å². The van der Waals surface area contributed by atoms with E-state index in [9.17, 15) is 4.79 Å². The van der Waals surface area contributed by atoms with Crippen LogP contribution in [0.15, 0.2) is 42.6 Å². The predicted molar refractivity (Wildman–Crippen MR) is 88.9 cm³/mol. The molecule has 1 aromatic carbocycles. The molecule has 2 aliphatic rings. The summed E-state index contributed by atoms with van der Waals surface area (Å²) >= 11 is 0. The second kappa shape index (κ2) is 5.84. The van der Waals surface area contributed by atoms with E-state index < -0.39 is 0 Å². The minimum absolute atomic E-state index is 0.225. The molecular weight excluding hydrogens is 286 g/mol. The van der Waals surface area contributed by atoms with Gasteiger partial charge in [-0.2, -0.15) is 5.10 Å². The van der Waals surface area contributed by atoms with Gasteiger partial charge in [-0.1, -0.05) is 30.3 Å². The zero-order valence-corrected chi connectivity index (χ0v) is 13.4. The van der Waals surface area contributed by atoms with Gasteiger partial charge in [0.2, 0.25) is 5.91 Å². The third-order valence-corrected chi connectivity index (χ3v) is 5.36. The van der Waals surface area contributed by atoms with Crippen molar-refractivity contribution in [2.75, 3.05) is 13.1 Å². The molecule has 2 aromatic rings. The molecule has 1 saturated heterocycles. The van der Waals surface area contributed by atoms with Gasteiger partial charge in [-0.3, -0.25) is 9.89 Å². The summed E-state index contributed by atoms with van der Waals surface area (Å²) in [6, 6.07) is 12.4. The van der Waals surface area contributed by atoms with Crippen LogP contribution in [0.5, 0.6) is 0 Å². The first kappa shape index (κ1) is 14.5. The molecule has 4 rings (SSSR count). The van der Waals surface area contributed by atoms with E-state index in [-0.39, 0.29) is 5.41 Å². The van der Waals surface area contributed by atoms with Gasteiger partial charge in [-0.15, -0.1) is 0 Å². The molecular formula is C19H23N3O. The lowest BCUT2D eigenvalue weighted by Gasteiger charge is -2.35. The third kappa shape index (κ3) is 2.78. The molecule has 2 heterocycles. The van der Waals surface area contributed by atoms with Crippen molar-refractivity contribution in [3.8, 4) is 0 Å². The summed E-state index contributed by atoms with van der Waals surface area (Å²) in [6.07, 6.45) is 7.09. The highest BCUT2D eigenvalue weighted by Crippen LogP contribution is 2.50. The molecule has 0 radical (unpaired) electrons. The van der Waals surface area contributed by atoms with E-state index in [0.717, 1.165) is 38.8 Å². The van der Waals surface area contributed by atoms with Crippen molar-refractivity contribution in [2.45, 2.75) is 37.5 Å². The maximum Gasteiger partial charge on any atom is 0.233 e. The Hall–Kier alpha value is -2.10. The maximum atomic E-state index is 13.1. The average Bonchev–Trinajstić information content (AvgIpc) is 3.26. The maximum absolute atomic E-state index is 13.1. The van der Waals surface area contributed by atoms with Crippen molar-refractivity contribution in [1.82, 2.24) is 15.1 Å². The van der Waals surface area contributed by atoms with E-state index >= 15 is 0 Å². The van der Waals surface area contributed by atoms with Gasteiger partial charge in [0.25, 0.3) is 0 Å². The summed E-state index contributed by atoms with van der Waals surface area (Å²) < 4.78 is 0. The van der Waals surface area contributed by atoms with Crippen LogP contribution in [0.25, 0.3) is 0 Å². The molecule has 2 fully saturated rings. The van der Waals surface area contributed by atoms with E-state index in [2.05, 4.69) is 27.2 Å². The number of benzene rings is 1. The molecule has 1 aliphatic heterocycles. The van der Waals surface area contributed by atoms with Crippen molar-refractivity contribution >= 4 is 5.91 Å². The molecule has 120 valence electrons. The van der Waals surface area contributed by atoms with Crippen LogP contribution < -0.4 is 0 Å². The van der Waals surface area contributed by atoms with Crippen molar-refractivity contribution in [3.05, 3.63) is 53.9 Å². The Labute approximate surface area is 136 Å². The van der Waals surface area contributed by atoms with Crippen molar-refractivity contribution < 1.29 is 4.79 Å². The van der Waals surface area contributed by atoms with Gasteiger partial charge in [0.1, 0.15) is 0 Å². The van der Waals surface area contributed by atoms with Gasteiger partial charge in [-0.05, 0) is 49.7 Å². The molecule has 4 nitrogen and oxygen atoms in total. The first-order valence-corrected chi connectivity index (χ1v) is 8.61. The summed E-state index contributed by atoms with van der Waals surface area (Å²) in [5, 5.41) is 7.07. The van der Waals surface area contributed by atoms with Gasteiger partial charge >= 0.3 is 0 Å². The largest absolute Gasteiger partial charge is 0.342 e. The van der Waals surface area contributed by atoms with Crippen LogP contribution >= 0.6 is 0 Å². The minimum atomic E-state index is -0.225. The summed E-state index contributed by atoms with van der Waals surface area (Å²) in [7, 11) is 0. The number of carbonyl (C=O) groups is 1. The molecule has 1 aromatic heterocycles. The van der Waals surface area contributed by atoms with E-state index in [1.54, 1.807) is 6.20 Å². The van der Waals surface area contributed by atoms with E-state index in [0.29, 0.717) is 11.8 Å². The SMILES string of the molecule is O=C(N1CCC[C@@H](Cc2ccn[nH]2)C1)C1(c2ccccc2)CC1. The molecule has 1 amide bonds. The van der Waals surface area contributed by atoms with Crippen molar-refractivity contribution in [3.63, 3.8) is 0 Å². The Morgan fingerprint density at radius 1 is 1.26 bits per heavy atom. The molecule has 23 heavy (non-hydrogen) atoms. The summed E-state index contributed by atoms with van der Waals surface area (Å²) in [5.74, 6) is 0.887. The van der Waals surface area contributed by atoms with Crippen LogP contribution in [0.4, 0.5) is 0 Å². The summed E-state index contributed by atoms with van der Waals surface area (Å²) in [6.45, 7) is 1.79. The first-order valence-electron chi connectivity index (χ1n) is 8.61. The second-order valence-electron chi connectivity index (χ2n) is 6.99. The smallest absolute Gasteiger partial charge is 0.233 e. The minimum Gasteiger partial charge on any atom is -0.342 e. The molecule has 0 spiro atoms. The van der Waals surface area contributed by atoms with Gasteiger partial charge in [0.05, 0.1) is 5.41 Å². The van der Waals surface area contributed by atoms with Crippen LogP contribution in [0, 0.1) is 5.92 Å². The molecule has 1 saturated carbocycles. The van der Waals surface area contributed by atoms with Gasteiger partial charge in [-0.25, -0.2) is 0 Å². The Morgan fingerprint density at radius 2 is 2.09 bits per heavy atom. The molecule has 1 atom stereocenters. The van der Waals surface area contributed by atoms with Gasteiger partial charge < -0.3 is 4.90 Å². The fraction of sp³-hybridized carbons (Fsp3) is 0.474. The number of hydrogen-bond acceptors (Lipinski definition) is 2. The van der Waals surface area contributed by atoms with E-state index in [4.69, 9.17) is 0 Å². The number of piperidine rings is 1. The van der Waals surface area contributed by atoms with Crippen LogP contribution in [0.1, 0.15) is 36.9 Å². The lowest BCUT2D eigenvalue weighted by molar-refractivity contribution is -0.135. The zero-order chi connectivity index (χ0) is 15.7. The Morgan fingerprint density at radius 3 is 2.78 bits per heavy atom. The monoisotopic (exact) mass is 309 g/mol. The highest BCUT2D eigenvalue weighted by molar-refractivity contribution is 5.91. The highest BCUT2D eigenvalue weighted by Gasteiger charge is 2.53. The number of aromatic nitrogens is 2. The number of rotatable bonds is 4. The Kier molecular flexibility index (Phi) is 3.68. The fourth-order valence-corrected chi connectivity index (χ4v) is 3.94. The van der Waals surface area contributed by atoms with Crippen LogP contribution in [0.2, 0.25) is 0 Å². The quantitative estimate of drug-likeness (QED) is 0.944. The normalized spacial score (nSPS) is 22.8. The predicted octanol–water partition coefficient (Wildman–Crippen LogP) is 2.92. The lowest BCUT2D eigenvalue weighted by Crippen LogP contribution is -2.45. The number of nitrogens with zero attached hydrogens (tertiary/aromatic N) is 2. The van der Waals surface area contributed by atoms with Gasteiger partial charge in [0, 0.05) is 25.0 Å². The highest BCUT2D eigenvalue weighted by atomic mass is 16.2. The number of carbonyl (C=O) groups excluding carboxylic acids is 1. The zero-order valence-electron chi connectivity index (χ0n) is 13.4. The summed E-state index contributed by atoms with van der Waals surface area (Å²) in [5.41, 5.74) is 2.14. The van der Waals surface area contributed by atoms with Crippen LogP contribution in [-0.4, -0.2) is 34.1 Å². The van der Waals surface area contributed by atoms with Crippen molar-refractivity contribution in [1.29, 1.82) is 0 Å². The van der Waals surface area contributed by atoms with Gasteiger partial charge in [0.15, 0.2) is 0 Å². The summed E-state index contributed by atoms with van der Waals surface area (Å²) in [4.78, 5) is 15.3.